The van der Waals surface area contributed by atoms with E-state index >= 15 is 0 Å². The van der Waals surface area contributed by atoms with Crippen molar-refractivity contribution in [1.29, 1.82) is 0 Å². The Morgan fingerprint density at radius 2 is 1.71 bits per heavy atom. The lowest BCUT2D eigenvalue weighted by molar-refractivity contribution is -0.114. The number of ether oxygens (including phenoxy) is 1. The number of para-hydroxylation sites is 2. The Labute approximate surface area is 218 Å². The van der Waals surface area contributed by atoms with Crippen molar-refractivity contribution in [2.24, 2.45) is 5.73 Å². The van der Waals surface area contributed by atoms with Crippen molar-refractivity contribution >= 4 is 60.9 Å². The van der Waals surface area contributed by atoms with Crippen LogP contribution < -0.4 is 25.8 Å². The van der Waals surface area contributed by atoms with Crippen LogP contribution in [0.3, 0.4) is 0 Å². The first-order valence-corrected chi connectivity index (χ1v) is 12.9. The van der Waals surface area contributed by atoms with E-state index in [2.05, 4.69) is 30.3 Å². The molecule has 2 aromatic heterocycles. The molecule has 11 nitrogen and oxygen atoms in total. The molecule has 12 heteroatoms. The summed E-state index contributed by atoms with van der Waals surface area (Å²) in [4.78, 5) is 25.2. The molecule has 0 saturated heterocycles. The largest absolute Gasteiger partial charge is 0.497 e. The van der Waals surface area contributed by atoms with Gasteiger partial charge in [0.1, 0.15) is 5.75 Å². The monoisotopic (exact) mass is 529 g/mol. The van der Waals surface area contributed by atoms with E-state index in [0.29, 0.717) is 33.7 Å². The summed E-state index contributed by atoms with van der Waals surface area (Å²) in [5.74, 6) is 0.283. The summed E-state index contributed by atoms with van der Waals surface area (Å²) in [5, 5.41) is 6.56. The molecule has 0 aliphatic heterocycles. The van der Waals surface area contributed by atoms with Gasteiger partial charge in [-0.2, -0.15) is 0 Å². The highest BCUT2D eigenvalue weighted by Crippen LogP contribution is 2.33. The van der Waals surface area contributed by atoms with Gasteiger partial charge in [0.15, 0.2) is 11.6 Å². The number of rotatable bonds is 8. The highest BCUT2D eigenvalue weighted by Gasteiger charge is 2.20. The fourth-order valence-electron chi connectivity index (χ4n) is 3.80. The molecule has 5 N–H and O–H groups in total. The van der Waals surface area contributed by atoms with Gasteiger partial charge in [-0.15, -0.1) is 0 Å². The zero-order valence-electron chi connectivity index (χ0n) is 20.2. The zero-order chi connectivity index (χ0) is 26.7. The van der Waals surface area contributed by atoms with E-state index < -0.39 is 15.9 Å². The molecule has 0 fully saturated rings. The minimum atomic E-state index is -4.13. The molecule has 0 bridgehead atoms. The van der Waals surface area contributed by atoms with Gasteiger partial charge in [-0.25, -0.2) is 18.4 Å². The number of carbonyl (C=O) groups excluding carboxylic acids is 1. The number of nitrogens with one attached hydrogen (secondary N) is 3. The molecule has 3 aromatic carbocycles. The third kappa shape index (κ3) is 5.16. The van der Waals surface area contributed by atoms with Crippen molar-refractivity contribution in [1.82, 2.24) is 15.0 Å². The number of pyridine rings is 1. The number of methoxy groups -OCH3 is 1. The van der Waals surface area contributed by atoms with Crippen molar-refractivity contribution in [2.45, 2.75) is 4.90 Å². The normalized spacial score (nSPS) is 11.3. The third-order valence-electron chi connectivity index (χ3n) is 5.58. The van der Waals surface area contributed by atoms with E-state index in [1.807, 2.05) is 24.3 Å². The minimum absolute atomic E-state index is 0.0213. The number of aromatic nitrogens is 3. The van der Waals surface area contributed by atoms with Crippen LogP contribution in [-0.2, 0) is 14.8 Å². The van der Waals surface area contributed by atoms with Gasteiger partial charge in [0, 0.05) is 23.3 Å². The summed E-state index contributed by atoms with van der Waals surface area (Å²) in [5.41, 5.74) is 7.88. The molecule has 0 aliphatic rings. The maximum absolute atomic E-state index is 13.4. The van der Waals surface area contributed by atoms with Crippen LogP contribution >= 0.6 is 0 Å². The van der Waals surface area contributed by atoms with Crippen molar-refractivity contribution in [3.63, 3.8) is 0 Å². The van der Waals surface area contributed by atoms with E-state index in [4.69, 9.17) is 10.5 Å². The Bertz CT molecular complexity index is 1780. The number of hydrogen-bond acceptors (Lipinski definition) is 9. The lowest BCUT2D eigenvalue weighted by atomic mass is 10.1. The first-order valence-electron chi connectivity index (χ1n) is 11.5. The van der Waals surface area contributed by atoms with Crippen LogP contribution in [0.1, 0.15) is 0 Å². The second-order valence-electron chi connectivity index (χ2n) is 8.17. The summed E-state index contributed by atoms with van der Waals surface area (Å²) < 4.78 is 34.7. The molecule has 1 amide bonds. The van der Waals surface area contributed by atoms with Crippen LogP contribution in [0.4, 0.5) is 23.0 Å². The topological polar surface area (TPSA) is 161 Å². The first-order chi connectivity index (χ1) is 18.4. The molecular weight excluding hydrogens is 506 g/mol. The summed E-state index contributed by atoms with van der Waals surface area (Å²) in [7, 11) is -2.58. The maximum atomic E-state index is 13.4. The lowest BCUT2D eigenvalue weighted by Gasteiger charge is -2.16. The van der Waals surface area contributed by atoms with Crippen LogP contribution in [0.25, 0.3) is 21.9 Å². The van der Waals surface area contributed by atoms with E-state index in [0.717, 1.165) is 5.39 Å². The number of benzene rings is 3. The van der Waals surface area contributed by atoms with Crippen LogP contribution in [0.2, 0.25) is 0 Å². The number of nitrogens with two attached hydrogens (primary N) is 1. The van der Waals surface area contributed by atoms with Gasteiger partial charge in [-0.05, 0) is 42.5 Å². The van der Waals surface area contributed by atoms with Gasteiger partial charge in [0.05, 0.1) is 40.8 Å². The SMILES string of the molecule is COc1cc(Nc2nc3ccccc3nc2NS(=O)(=O)c2cccc(NC(=O)CN)c2)c2ncccc2c1. The van der Waals surface area contributed by atoms with Gasteiger partial charge in [-0.3, -0.25) is 14.5 Å². The van der Waals surface area contributed by atoms with E-state index in [1.54, 1.807) is 43.6 Å². The second-order valence-corrected chi connectivity index (χ2v) is 9.85. The van der Waals surface area contributed by atoms with E-state index in [-0.39, 0.29) is 23.1 Å². The highest BCUT2D eigenvalue weighted by atomic mass is 32.2. The van der Waals surface area contributed by atoms with Gasteiger partial charge in [-0.1, -0.05) is 24.3 Å². The smallest absolute Gasteiger partial charge is 0.263 e. The van der Waals surface area contributed by atoms with Gasteiger partial charge in [0.25, 0.3) is 10.0 Å². The van der Waals surface area contributed by atoms with Crippen LogP contribution in [-0.4, -0.2) is 42.9 Å². The molecule has 2 heterocycles. The molecule has 0 aliphatic carbocycles. The molecule has 0 radical (unpaired) electrons. The summed E-state index contributed by atoms with van der Waals surface area (Å²) in [6.45, 7) is -0.231. The average Bonchev–Trinajstić information content (AvgIpc) is 2.93. The highest BCUT2D eigenvalue weighted by molar-refractivity contribution is 7.92. The number of carbonyl (C=O) groups is 1. The summed E-state index contributed by atoms with van der Waals surface area (Å²) in [6.07, 6.45) is 1.66. The fourth-order valence-corrected chi connectivity index (χ4v) is 4.86. The average molecular weight is 530 g/mol. The number of nitrogens with zero attached hydrogens (tertiary/aromatic N) is 3. The molecule has 0 spiro atoms. The molecule has 0 atom stereocenters. The molecule has 5 rings (SSSR count). The van der Waals surface area contributed by atoms with E-state index in [9.17, 15) is 13.2 Å². The van der Waals surface area contributed by atoms with Crippen molar-refractivity contribution in [2.75, 3.05) is 29.0 Å². The number of amides is 1. The summed E-state index contributed by atoms with van der Waals surface area (Å²) >= 11 is 0. The predicted molar refractivity (Wildman–Crippen MR) is 146 cm³/mol. The zero-order valence-corrected chi connectivity index (χ0v) is 21.0. The predicted octanol–water partition coefficient (Wildman–Crippen LogP) is 3.63. The standard InChI is InChI=1S/C26H23N7O4S/c1-37-18-12-16-6-5-11-28-24(16)22(14-18)32-25-26(31-21-10-3-2-9-20(21)30-25)33-38(35,36)19-8-4-7-17(13-19)29-23(34)15-27/h2-14H,15,27H2,1H3,(H,29,34)(H,30,32)(H,31,33). The Morgan fingerprint density at radius 3 is 2.45 bits per heavy atom. The van der Waals surface area contributed by atoms with Gasteiger partial charge >= 0.3 is 0 Å². The Morgan fingerprint density at radius 1 is 0.947 bits per heavy atom. The number of anilines is 4. The molecule has 38 heavy (non-hydrogen) atoms. The molecule has 5 aromatic rings. The minimum Gasteiger partial charge on any atom is -0.497 e. The first kappa shape index (κ1) is 24.9. The lowest BCUT2D eigenvalue weighted by Crippen LogP contribution is -2.22. The number of sulfonamides is 1. The number of fused-ring (bicyclic) bond motifs is 2. The Kier molecular flexibility index (Phi) is 6.73. The van der Waals surface area contributed by atoms with Crippen molar-refractivity contribution in [3.05, 3.63) is 79.0 Å². The number of hydrogen-bond donors (Lipinski definition) is 4. The second kappa shape index (κ2) is 10.3. The quantitative estimate of drug-likeness (QED) is 0.235. The van der Waals surface area contributed by atoms with Crippen LogP contribution in [0.15, 0.2) is 83.9 Å². The molecule has 0 unspecified atom stereocenters. The van der Waals surface area contributed by atoms with Crippen LogP contribution in [0, 0.1) is 0 Å². The van der Waals surface area contributed by atoms with Crippen molar-refractivity contribution in [3.8, 4) is 5.75 Å². The molecule has 0 saturated carbocycles. The van der Waals surface area contributed by atoms with Crippen LogP contribution in [0.5, 0.6) is 5.75 Å². The fraction of sp³-hybridized carbons (Fsp3) is 0.0769. The maximum Gasteiger partial charge on any atom is 0.263 e. The molecular formula is C26H23N7O4S. The van der Waals surface area contributed by atoms with Crippen molar-refractivity contribution < 1.29 is 17.9 Å². The summed E-state index contributed by atoms with van der Waals surface area (Å²) in [6, 6.07) is 20.2. The van der Waals surface area contributed by atoms with E-state index in [1.165, 1.54) is 18.2 Å². The molecule has 192 valence electrons. The Hall–Kier alpha value is -4.81. The Balaban J connectivity index is 1.58. The van der Waals surface area contributed by atoms with Gasteiger partial charge < -0.3 is 21.1 Å². The van der Waals surface area contributed by atoms with Gasteiger partial charge in [0.2, 0.25) is 5.91 Å². The third-order valence-corrected chi connectivity index (χ3v) is 6.92.